The molecule has 0 fully saturated rings. The topological polar surface area (TPSA) is 117 Å². The van der Waals surface area contributed by atoms with Crippen molar-refractivity contribution in [3.63, 3.8) is 0 Å². The number of benzene rings is 2. The Kier molecular flexibility index (Phi) is 8.12. The van der Waals surface area contributed by atoms with Crippen molar-refractivity contribution in [3.05, 3.63) is 97.0 Å². The Bertz CT molecular complexity index is 1430. The number of aryl methyl sites for hydroxylation is 1. The van der Waals surface area contributed by atoms with Crippen LogP contribution in [-0.4, -0.2) is 36.5 Å². The van der Waals surface area contributed by atoms with Gasteiger partial charge >= 0.3 is 0 Å². The van der Waals surface area contributed by atoms with Crippen molar-refractivity contribution in [1.29, 1.82) is 0 Å². The number of nitrogens with zero attached hydrogens (tertiary/aromatic N) is 5. The molecule has 194 valence electrons. The average molecular weight is 511 g/mol. The number of hydrogen-bond acceptors (Lipinski definition) is 7. The molecular weight excluding hydrogens is 480 g/mol. The van der Waals surface area contributed by atoms with E-state index in [0.29, 0.717) is 29.7 Å². The van der Waals surface area contributed by atoms with E-state index in [1.54, 1.807) is 41.0 Å². The Labute approximate surface area is 221 Å². The fraction of sp³-hybridized carbons (Fsp3) is 0.179. The Morgan fingerprint density at radius 2 is 1.82 bits per heavy atom. The maximum atomic E-state index is 12.7. The second kappa shape index (κ2) is 11.8. The van der Waals surface area contributed by atoms with Crippen LogP contribution in [-0.2, 0) is 23.2 Å². The van der Waals surface area contributed by atoms with Gasteiger partial charge < -0.3 is 20.9 Å². The molecule has 0 spiro atoms. The summed E-state index contributed by atoms with van der Waals surface area (Å²) in [7, 11) is 1.82. The largest absolute Gasteiger partial charge is 0.340 e. The molecule has 0 bridgehead atoms. The van der Waals surface area contributed by atoms with Crippen molar-refractivity contribution >= 4 is 40.6 Å². The molecule has 1 atom stereocenters. The number of hydrogen-bond donors (Lipinski definition) is 3. The van der Waals surface area contributed by atoms with Crippen molar-refractivity contribution in [2.75, 3.05) is 16.0 Å². The lowest BCUT2D eigenvalue weighted by Crippen LogP contribution is -2.31. The van der Waals surface area contributed by atoms with Crippen LogP contribution >= 0.6 is 0 Å². The van der Waals surface area contributed by atoms with Gasteiger partial charge in [-0.2, -0.15) is 10.1 Å². The van der Waals surface area contributed by atoms with E-state index in [-0.39, 0.29) is 17.9 Å². The van der Waals surface area contributed by atoms with E-state index >= 15 is 0 Å². The number of anilines is 5. The van der Waals surface area contributed by atoms with Gasteiger partial charge in [-0.05, 0) is 36.8 Å². The van der Waals surface area contributed by atoms with Gasteiger partial charge in [0.2, 0.25) is 17.8 Å². The van der Waals surface area contributed by atoms with Crippen molar-refractivity contribution in [1.82, 2.24) is 24.6 Å². The van der Waals surface area contributed by atoms with Gasteiger partial charge in [-0.1, -0.05) is 43.0 Å². The molecule has 0 saturated carbocycles. The maximum absolute atomic E-state index is 12.7. The van der Waals surface area contributed by atoms with Crippen LogP contribution in [0.4, 0.5) is 28.8 Å². The summed E-state index contributed by atoms with van der Waals surface area (Å²) < 4.78 is 1.68. The number of carbonyl (C=O) groups is 2. The lowest BCUT2D eigenvalue weighted by Gasteiger charge is -2.29. The number of carbonyl (C=O) groups excluding carboxylic acids is 2. The lowest BCUT2D eigenvalue weighted by atomic mass is 10.1. The Morgan fingerprint density at radius 3 is 2.50 bits per heavy atom. The fourth-order valence-electron chi connectivity index (χ4n) is 3.95. The Hall–Kier alpha value is -4.99. The molecule has 1 unspecified atom stereocenters. The van der Waals surface area contributed by atoms with E-state index in [2.05, 4.69) is 32.6 Å². The second-order valence-corrected chi connectivity index (χ2v) is 8.73. The zero-order valence-corrected chi connectivity index (χ0v) is 21.5. The molecular formula is C28H30N8O2. The van der Waals surface area contributed by atoms with Gasteiger partial charge in [0.1, 0.15) is 5.82 Å². The summed E-state index contributed by atoms with van der Waals surface area (Å²) >= 11 is 0. The summed E-state index contributed by atoms with van der Waals surface area (Å²) in [4.78, 5) is 35.5. The van der Waals surface area contributed by atoms with Crippen LogP contribution in [0.15, 0.2) is 85.8 Å². The van der Waals surface area contributed by atoms with Crippen LogP contribution in [0.5, 0.6) is 0 Å². The van der Waals surface area contributed by atoms with Gasteiger partial charge in [-0.25, -0.2) is 4.98 Å². The third-order valence-electron chi connectivity index (χ3n) is 5.87. The standard InChI is InChI=1S/C28H30N8O2/c1-5-26(38)31-22-12-9-13-23(14-22)32-27-25(16-29-28(34-27)33-24-15-30-35(4)18-24)19(2)36(20(3)37)17-21-10-7-6-8-11-21/h5-16,18-19H,1,17H2,2-4H3,(H,31,38)(H2,29,32,33,34). The van der Waals surface area contributed by atoms with E-state index in [1.165, 1.54) is 6.08 Å². The smallest absolute Gasteiger partial charge is 0.247 e. The van der Waals surface area contributed by atoms with Crippen molar-refractivity contribution in [2.24, 2.45) is 7.05 Å². The monoisotopic (exact) mass is 510 g/mol. The predicted octanol–water partition coefficient (Wildman–Crippen LogP) is 4.93. The highest BCUT2D eigenvalue weighted by atomic mass is 16.2. The second-order valence-electron chi connectivity index (χ2n) is 8.73. The number of rotatable bonds is 10. The first kappa shape index (κ1) is 26.1. The van der Waals surface area contributed by atoms with Gasteiger partial charge in [0.05, 0.1) is 17.9 Å². The fourth-order valence-corrected chi connectivity index (χ4v) is 3.95. The first-order valence-corrected chi connectivity index (χ1v) is 12.1. The minimum Gasteiger partial charge on any atom is -0.340 e. The molecule has 0 aliphatic heterocycles. The van der Waals surface area contributed by atoms with E-state index in [0.717, 1.165) is 16.8 Å². The third kappa shape index (κ3) is 6.61. The Morgan fingerprint density at radius 1 is 1.05 bits per heavy atom. The van der Waals surface area contributed by atoms with E-state index in [4.69, 9.17) is 4.98 Å². The summed E-state index contributed by atoms with van der Waals surface area (Å²) in [6.45, 7) is 7.44. The average Bonchev–Trinajstić information content (AvgIpc) is 3.32. The van der Waals surface area contributed by atoms with Crippen LogP contribution in [0.3, 0.4) is 0 Å². The van der Waals surface area contributed by atoms with Gasteiger partial charge in [-0.3, -0.25) is 14.3 Å². The minimum absolute atomic E-state index is 0.0704. The molecule has 2 aromatic carbocycles. The molecule has 3 N–H and O–H groups in total. The van der Waals surface area contributed by atoms with Crippen LogP contribution < -0.4 is 16.0 Å². The van der Waals surface area contributed by atoms with Gasteiger partial charge in [0.15, 0.2) is 0 Å². The quantitative estimate of drug-likeness (QED) is 0.259. The zero-order valence-electron chi connectivity index (χ0n) is 21.5. The lowest BCUT2D eigenvalue weighted by molar-refractivity contribution is -0.131. The number of nitrogens with one attached hydrogen (secondary N) is 3. The molecule has 4 aromatic rings. The van der Waals surface area contributed by atoms with Crippen LogP contribution in [0, 0.1) is 0 Å². The van der Waals surface area contributed by atoms with E-state index in [1.807, 2.05) is 62.6 Å². The highest BCUT2D eigenvalue weighted by Crippen LogP contribution is 2.31. The SMILES string of the molecule is C=CC(=O)Nc1cccc(Nc2nc(Nc3cnn(C)c3)ncc2C(C)N(Cc2ccccc2)C(C)=O)c1. The molecule has 0 aliphatic rings. The molecule has 2 aromatic heterocycles. The van der Waals surface area contributed by atoms with Crippen molar-refractivity contribution in [3.8, 4) is 0 Å². The molecule has 10 heteroatoms. The minimum atomic E-state index is -0.341. The van der Waals surface area contributed by atoms with E-state index in [9.17, 15) is 9.59 Å². The zero-order chi connectivity index (χ0) is 27.1. The first-order chi connectivity index (χ1) is 18.3. The van der Waals surface area contributed by atoms with Gasteiger partial charge in [-0.15, -0.1) is 0 Å². The third-order valence-corrected chi connectivity index (χ3v) is 5.87. The first-order valence-electron chi connectivity index (χ1n) is 12.1. The van der Waals surface area contributed by atoms with Crippen LogP contribution in [0.2, 0.25) is 0 Å². The van der Waals surface area contributed by atoms with Crippen molar-refractivity contribution in [2.45, 2.75) is 26.4 Å². The summed E-state index contributed by atoms with van der Waals surface area (Å²) in [5.74, 6) is 0.508. The number of amides is 2. The maximum Gasteiger partial charge on any atom is 0.247 e. The van der Waals surface area contributed by atoms with E-state index < -0.39 is 0 Å². The molecule has 4 rings (SSSR count). The van der Waals surface area contributed by atoms with Gasteiger partial charge in [0.25, 0.3) is 0 Å². The molecule has 38 heavy (non-hydrogen) atoms. The summed E-state index contributed by atoms with van der Waals surface area (Å²) in [5.41, 5.74) is 3.79. The van der Waals surface area contributed by atoms with Crippen molar-refractivity contribution < 1.29 is 9.59 Å². The molecule has 0 aliphatic carbocycles. The summed E-state index contributed by atoms with van der Waals surface area (Å²) in [5, 5.41) is 13.4. The normalized spacial score (nSPS) is 11.3. The summed E-state index contributed by atoms with van der Waals surface area (Å²) in [6.07, 6.45) is 6.42. The summed E-state index contributed by atoms with van der Waals surface area (Å²) in [6, 6.07) is 16.7. The molecule has 0 radical (unpaired) electrons. The highest BCUT2D eigenvalue weighted by molar-refractivity contribution is 5.99. The predicted molar refractivity (Wildman–Crippen MR) is 148 cm³/mol. The molecule has 2 heterocycles. The number of aromatic nitrogens is 4. The molecule has 10 nitrogen and oxygen atoms in total. The Balaban J connectivity index is 1.69. The van der Waals surface area contributed by atoms with Gasteiger partial charge in [0, 0.05) is 49.8 Å². The van der Waals surface area contributed by atoms with Crippen LogP contribution in [0.25, 0.3) is 0 Å². The highest BCUT2D eigenvalue weighted by Gasteiger charge is 2.23. The molecule has 0 saturated heterocycles. The van der Waals surface area contributed by atoms with Crippen LogP contribution in [0.1, 0.15) is 31.0 Å². The molecule has 2 amide bonds.